The zero-order valence-electron chi connectivity index (χ0n) is 17.9. The summed E-state index contributed by atoms with van der Waals surface area (Å²) < 4.78 is 11.3. The molecule has 0 bridgehead atoms. The zero-order chi connectivity index (χ0) is 23.7. The minimum Gasteiger partial charge on any atom is -0.494 e. The van der Waals surface area contributed by atoms with Crippen molar-refractivity contribution in [2.24, 2.45) is 0 Å². The van der Waals surface area contributed by atoms with Gasteiger partial charge in [-0.3, -0.25) is 19.8 Å². The van der Waals surface area contributed by atoms with Crippen LogP contribution in [0, 0.1) is 0 Å². The van der Waals surface area contributed by atoms with Crippen molar-refractivity contribution in [2.45, 2.75) is 17.2 Å². The highest BCUT2D eigenvalue weighted by Gasteiger charge is 2.35. The summed E-state index contributed by atoms with van der Waals surface area (Å²) in [5, 5.41) is 3.80. The first-order valence-electron chi connectivity index (χ1n) is 10.4. The summed E-state index contributed by atoms with van der Waals surface area (Å²) in [6, 6.07) is 18.1. The number of H-pyrrole nitrogens is 1. The van der Waals surface area contributed by atoms with Crippen molar-refractivity contribution in [3.63, 3.8) is 0 Å². The number of fused-ring (bicyclic) bond motifs is 1. The van der Waals surface area contributed by atoms with Gasteiger partial charge in [0, 0.05) is 6.07 Å². The van der Waals surface area contributed by atoms with Crippen molar-refractivity contribution in [1.82, 2.24) is 15.3 Å². The number of furan rings is 1. The molecule has 0 saturated carbocycles. The number of anilines is 1. The van der Waals surface area contributed by atoms with Gasteiger partial charge in [0.1, 0.15) is 17.1 Å². The fourth-order valence-electron chi connectivity index (χ4n) is 3.45. The van der Waals surface area contributed by atoms with Crippen LogP contribution in [-0.2, 0) is 9.59 Å². The molecule has 1 aliphatic rings. The molecule has 2 aromatic carbocycles. The molecule has 10 heteroatoms. The lowest BCUT2D eigenvalue weighted by atomic mass is 10.1. The van der Waals surface area contributed by atoms with Gasteiger partial charge in [-0.25, -0.2) is 4.98 Å². The number of ether oxygens (including phenoxy) is 1. The van der Waals surface area contributed by atoms with E-state index in [9.17, 15) is 9.59 Å². The Morgan fingerprint density at radius 2 is 2.00 bits per heavy atom. The Labute approximate surface area is 204 Å². The Hall–Kier alpha value is -3.89. The van der Waals surface area contributed by atoms with Crippen LogP contribution in [0.4, 0.5) is 5.69 Å². The lowest BCUT2D eigenvalue weighted by Crippen LogP contribution is -2.54. The van der Waals surface area contributed by atoms with Gasteiger partial charge in [-0.05, 0) is 73.4 Å². The SMILES string of the molecule is CCOc1cccc(N2C(=O)/C(=C/c3ccc(Sc4nc5ccccc5[nH]4)o3)C(=O)NC2=S)c1. The van der Waals surface area contributed by atoms with E-state index in [1.165, 1.54) is 22.7 Å². The monoisotopic (exact) mass is 490 g/mol. The number of hydrogen-bond acceptors (Lipinski definition) is 7. The summed E-state index contributed by atoms with van der Waals surface area (Å²) >= 11 is 6.57. The van der Waals surface area contributed by atoms with Crippen molar-refractivity contribution in [3.8, 4) is 5.75 Å². The highest BCUT2D eigenvalue weighted by Crippen LogP contribution is 2.30. The summed E-state index contributed by atoms with van der Waals surface area (Å²) in [6.07, 6.45) is 1.40. The van der Waals surface area contributed by atoms with Crippen LogP contribution in [0.2, 0.25) is 0 Å². The summed E-state index contributed by atoms with van der Waals surface area (Å²) in [6.45, 7) is 2.35. The molecule has 3 heterocycles. The molecule has 1 aliphatic heterocycles. The molecule has 2 N–H and O–H groups in total. The van der Waals surface area contributed by atoms with Gasteiger partial charge in [0.05, 0.1) is 23.3 Å². The number of aromatic amines is 1. The van der Waals surface area contributed by atoms with E-state index in [1.807, 2.05) is 31.2 Å². The first-order valence-corrected chi connectivity index (χ1v) is 11.6. The first-order chi connectivity index (χ1) is 16.5. The van der Waals surface area contributed by atoms with Crippen LogP contribution in [0.5, 0.6) is 5.75 Å². The van der Waals surface area contributed by atoms with Gasteiger partial charge in [-0.2, -0.15) is 0 Å². The van der Waals surface area contributed by atoms with Crippen LogP contribution in [0.25, 0.3) is 17.1 Å². The second-order valence-corrected chi connectivity index (χ2v) is 8.59. The summed E-state index contributed by atoms with van der Waals surface area (Å²) in [5.41, 5.74) is 2.18. The van der Waals surface area contributed by atoms with Crippen LogP contribution in [0.15, 0.2) is 80.9 Å². The van der Waals surface area contributed by atoms with Gasteiger partial charge < -0.3 is 14.1 Å². The van der Waals surface area contributed by atoms with Gasteiger partial charge in [-0.1, -0.05) is 18.2 Å². The Bertz CT molecular complexity index is 1420. The quantitative estimate of drug-likeness (QED) is 0.233. The summed E-state index contributed by atoms with van der Waals surface area (Å²) in [5.74, 6) is -0.190. The number of rotatable bonds is 6. The molecule has 4 aromatic rings. The van der Waals surface area contributed by atoms with Crippen molar-refractivity contribution < 1.29 is 18.7 Å². The number of carbonyl (C=O) groups is 2. The minimum atomic E-state index is -0.588. The Morgan fingerprint density at radius 1 is 1.15 bits per heavy atom. The number of benzene rings is 2. The largest absolute Gasteiger partial charge is 0.494 e. The molecule has 1 fully saturated rings. The van der Waals surface area contributed by atoms with Gasteiger partial charge in [0.15, 0.2) is 15.4 Å². The van der Waals surface area contributed by atoms with Gasteiger partial charge >= 0.3 is 0 Å². The Balaban J connectivity index is 1.39. The molecule has 2 amide bonds. The zero-order valence-corrected chi connectivity index (χ0v) is 19.5. The molecule has 0 aliphatic carbocycles. The number of carbonyl (C=O) groups excluding carboxylic acids is 2. The second kappa shape index (κ2) is 9.16. The summed E-state index contributed by atoms with van der Waals surface area (Å²) in [4.78, 5) is 34.8. The maximum absolute atomic E-state index is 13.2. The van der Waals surface area contributed by atoms with Gasteiger partial charge in [0.2, 0.25) is 0 Å². The number of amides is 2. The molecule has 34 heavy (non-hydrogen) atoms. The summed E-state index contributed by atoms with van der Waals surface area (Å²) in [7, 11) is 0. The molecule has 170 valence electrons. The molecule has 0 radical (unpaired) electrons. The van der Waals surface area contributed by atoms with E-state index in [1.54, 1.807) is 36.4 Å². The van der Waals surface area contributed by atoms with E-state index in [2.05, 4.69) is 15.3 Å². The molecule has 0 spiro atoms. The third-order valence-electron chi connectivity index (χ3n) is 4.94. The Kier molecular flexibility index (Phi) is 5.91. The molecular weight excluding hydrogens is 472 g/mol. The number of aromatic nitrogens is 2. The highest BCUT2D eigenvalue weighted by atomic mass is 32.2. The maximum Gasteiger partial charge on any atom is 0.270 e. The average Bonchev–Trinajstić information content (AvgIpc) is 3.43. The fourth-order valence-corrected chi connectivity index (χ4v) is 4.50. The second-order valence-electron chi connectivity index (χ2n) is 7.21. The molecule has 8 nitrogen and oxygen atoms in total. The number of imidazole rings is 1. The molecule has 0 atom stereocenters. The number of thiocarbonyl (C=S) groups is 1. The lowest BCUT2D eigenvalue weighted by molar-refractivity contribution is -0.122. The minimum absolute atomic E-state index is 0.00127. The van der Waals surface area contributed by atoms with Crippen molar-refractivity contribution in [1.29, 1.82) is 0 Å². The smallest absolute Gasteiger partial charge is 0.270 e. The predicted octanol–water partition coefficient (Wildman–Crippen LogP) is 4.54. The van der Waals surface area contributed by atoms with Crippen LogP contribution in [-0.4, -0.2) is 33.5 Å². The standard InChI is InChI=1S/C24H18N4O4S2/c1-2-31-15-7-5-6-14(12-15)28-22(30)17(21(29)27-24(28)33)13-16-10-11-20(32-16)34-23-25-18-8-3-4-9-19(18)26-23/h3-13H,2H2,1H3,(H,25,26)(H,27,29,33)/b17-13+. The molecular formula is C24H18N4O4S2. The van der Waals surface area contributed by atoms with Crippen molar-refractivity contribution in [3.05, 3.63) is 72.0 Å². The van der Waals surface area contributed by atoms with Gasteiger partial charge in [-0.15, -0.1) is 0 Å². The molecule has 2 aromatic heterocycles. The molecule has 0 unspecified atom stereocenters. The fraction of sp³-hybridized carbons (Fsp3) is 0.0833. The van der Waals surface area contributed by atoms with E-state index in [-0.39, 0.29) is 10.7 Å². The third kappa shape index (κ3) is 4.33. The van der Waals surface area contributed by atoms with E-state index in [0.29, 0.717) is 34.1 Å². The van der Waals surface area contributed by atoms with Crippen molar-refractivity contribution >= 4 is 63.7 Å². The topological polar surface area (TPSA) is 100 Å². The van der Waals surface area contributed by atoms with Crippen molar-refractivity contribution in [2.75, 3.05) is 11.5 Å². The van der Waals surface area contributed by atoms with E-state index in [4.69, 9.17) is 21.4 Å². The molecule has 5 rings (SSSR count). The van der Waals surface area contributed by atoms with Crippen LogP contribution < -0.4 is 15.0 Å². The molecule has 1 saturated heterocycles. The van der Waals surface area contributed by atoms with E-state index in [0.717, 1.165) is 11.0 Å². The Morgan fingerprint density at radius 3 is 2.82 bits per heavy atom. The number of hydrogen-bond donors (Lipinski definition) is 2. The van der Waals surface area contributed by atoms with Crippen LogP contribution in [0.3, 0.4) is 0 Å². The number of nitrogens with one attached hydrogen (secondary N) is 2. The maximum atomic E-state index is 13.2. The normalized spacial score (nSPS) is 15.3. The average molecular weight is 491 g/mol. The van der Waals surface area contributed by atoms with E-state index < -0.39 is 11.8 Å². The lowest BCUT2D eigenvalue weighted by Gasteiger charge is -2.29. The van der Waals surface area contributed by atoms with E-state index >= 15 is 0 Å². The third-order valence-corrected chi connectivity index (χ3v) is 6.03. The van der Waals surface area contributed by atoms with Crippen LogP contribution >= 0.6 is 24.0 Å². The van der Waals surface area contributed by atoms with Crippen LogP contribution in [0.1, 0.15) is 12.7 Å². The number of para-hydroxylation sites is 2. The first kappa shape index (κ1) is 21.9. The van der Waals surface area contributed by atoms with Gasteiger partial charge in [0.25, 0.3) is 11.8 Å². The highest BCUT2D eigenvalue weighted by molar-refractivity contribution is 7.99. The predicted molar refractivity (Wildman–Crippen MR) is 133 cm³/mol. The number of nitrogens with zero attached hydrogens (tertiary/aromatic N) is 2.